The number of benzene rings is 1. The van der Waals surface area contributed by atoms with Crippen LogP contribution in [0.5, 0.6) is 0 Å². The summed E-state index contributed by atoms with van der Waals surface area (Å²) in [5.41, 5.74) is 1.30. The van der Waals surface area contributed by atoms with Gasteiger partial charge in [0.1, 0.15) is 0 Å². The molecule has 24 heavy (non-hydrogen) atoms. The van der Waals surface area contributed by atoms with Crippen molar-refractivity contribution in [2.75, 3.05) is 44.8 Å². The van der Waals surface area contributed by atoms with Gasteiger partial charge in [-0.15, -0.1) is 24.0 Å². The number of halogens is 1. The third-order valence-electron chi connectivity index (χ3n) is 4.06. The maximum atomic E-state index is 5.56. The maximum Gasteiger partial charge on any atom is 0.191 e. The van der Waals surface area contributed by atoms with Crippen LogP contribution in [0.15, 0.2) is 35.3 Å². The molecule has 1 aromatic rings. The summed E-state index contributed by atoms with van der Waals surface area (Å²) in [6.07, 6.45) is 3.43. The van der Waals surface area contributed by atoms with Crippen LogP contribution in [0.1, 0.15) is 26.2 Å². The highest BCUT2D eigenvalue weighted by Crippen LogP contribution is 2.19. The van der Waals surface area contributed by atoms with Crippen molar-refractivity contribution >= 4 is 35.6 Å². The number of anilines is 1. The lowest BCUT2D eigenvalue weighted by atomic mass is 10.3. The first-order chi connectivity index (χ1) is 11.3. The third kappa shape index (κ3) is 7.25. The van der Waals surface area contributed by atoms with Gasteiger partial charge >= 0.3 is 0 Å². The zero-order chi connectivity index (χ0) is 16.3. The molecule has 2 N–H and O–H groups in total. The van der Waals surface area contributed by atoms with E-state index in [2.05, 4.69) is 57.8 Å². The van der Waals surface area contributed by atoms with Crippen LogP contribution in [0.3, 0.4) is 0 Å². The summed E-state index contributed by atoms with van der Waals surface area (Å²) in [5, 5.41) is 6.83. The number of nitrogens with zero attached hydrogens (tertiary/aromatic N) is 2. The quantitative estimate of drug-likeness (QED) is 0.279. The molecule has 2 rings (SSSR count). The molecule has 1 heterocycles. The van der Waals surface area contributed by atoms with Crippen LogP contribution < -0.4 is 15.5 Å². The van der Waals surface area contributed by atoms with Crippen LogP contribution in [-0.2, 0) is 4.74 Å². The lowest BCUT2D eigenvalue weighted by Crippen LogP contribution is -2.45. The summed E-state index contributed by atoms with van der Waals surface area (Å²) in [6, 6.07) is 11.0. The molecule has 136 valence electrons. The van der Waals surface area contributed by atoms with Gasteiger partial charge in [-0.1, -0.05) is 31.5 Å². The highest BCUT2D eigenvalue weighted by molar-refractivity contribution is 14.0. The summed E-state index contributed by atoms with van der Waals surface area (Å²) in [5.74, 6) is 0.865. The number of rotatable bonds is 8. The van der Waals surface area contributed by atoms with Crippen molar-refractivity contribution in [3.63, 3.8) is 0 Å². The zero-order valence-electron chi connectivity index (χ0n) is 14.8. The van der Waals surface area contributed by atoms with E-state index < -0.39 is 0 Å². The highest BCUT2D eigenvalue weighted by atomic mass is 127. The van der Waals surface area contributed by atoms with Crippen LogP contribution in [0.25, 0.3) is 0 Å². The van der Waals surface area contributed by atoms with E-state index in [0.717, 1.165) is 51.6 Å². The molecule has 1 aliphatic rings. The Morgan fingerprint density at radius 3 is 2.79 bits per heavy atom. The molecule has 0 spiro atoms. The second-order valence-electron chi connectivity index (χ2n) is 5.88. The van der Waals surface area contributed by atoms with Gasteiger partial charge in [0.15, 0.2) is 5.96 Å². The maximum absolute atomic E-state index is 5.56. The average molecular weight is 446 g/mol. The molecule has 0 aliphatic carbocycles. The van der Waals surface area contributed by atoms with Crippen LogP contribution in [0.4, 0.5) is 5.69 Å². The standard InChI is InChI=1S/C18H30N4O.HI/c1-3-4-13-23-14-11-20-18(19-2)21-16-10-12-22(15-16)17-8-6-5-7-9-17;/h5-9,16H,3-4,10-15H2,1-2H3,(H2,19,20,21);1H. The van der Waals surface area contributed by atoms with Gasteiger partial charge in [0.25, 0.3) is 0 Å². The van der Waals surface area contributed by atoms with Gasteiger partial charge in [-0.3, -0.25) is 4.99 Å². The largest absolute Gasteiger partial charge is 0.380 e. The second-order valence-corrected chi connectivity index (χ2v) is 5.88. The lowest BCUT2D eigenvalue weighted by Gasteiger charge is -2.20. The van der Waals surface area contributed by atoms with Crippen molar-refractivity contribution in [3.05, 3.63) is 30.3 Å². The van der Waals surface area contributed by atoms with Gasteiger partial charge in [0.05, 0.1) is 6.61 Å². The number of nitrogens with one attached hydrogen (secondary N) is 2. The van der Waals surface area contributed by atoms with Gasteiger partial charge in [-0.25, -0.2) is 0 Å². The summed E-state index contributed by atoms with van der Waals surface area (Å²) in [7, 11) is 1.82. The molecule has 0 radical (unpaired) electrons. The molecule has 1 aromatic carbocycles. The Labute approximate surface area is 163 Å². The Kier molecular flexibility index (Phi) is 10.8. The fraction of sp³-hybridized carbons (Fsp3) is 0.611. The number of para-hydroxylation sites is 1. The predicted octanol–water partition coefficient (Wildman–Crippen LogP) is 2.87. The smallest absolute Gasteiger partial charge is 0.191 e. The van der Waals surface area contributed by atoms with Gasteiger partial charge in [0.2, 0.25) is 0 Å². The summed E-state index contributed by atoms with van der Waals surface area (Å²) < 4.78 is 5.56. The first kappa shape index (κ1) is 21.0. The minimum absolute atomic E-state index is 0. The average Bonchev–Trinajstić information content (AvgIpc) is 3.06. The molecule has 1 fully saturated rings. The second kappa shape index (κ2) is 12.4. The minimum Gasteiger partial charge on any atom is -0.380 e. The molecule has 0 amide bonds. The monoisotopic (exact) mass is 446 g/mol. The van der Waals surface area contributed by atoms with E-state index in [1.807, 2.05) is 7.05 Å². The summed E-state index contributed by atoms with van der Waals surface area (Å²) >= 11 is 0. The lowest BCUT2D eigenvalue weighted by molar-refractivity contribution is 0.136. The molecule has 1 aliphatic heterocycles. The molecule has 0 saturated carbocycles. The Morgan fingerprint density at radius 1 is 1.29 bits per heavy atom. The van der Waals surface area contributed by atoms with Gasteiger partial charge in [-0.05, 0) is 25.0 Å². The van der Waals surface area contributed by atoms with E-state index in [9.17, 15) is 0 Å². The van der Waals surface area contributed by atoms with E-state index >= 15 is 0 Å². The van der Waals surface area contributed by atoms with E-state index in [0.29, 0.717) is 6.04 Å². The number of guanidine groups is 1. The highest BCUT2D eigenvalue weighted by Gasteiger charge is 2.23. The van der Waals surface area contributed by atoms with E-state index in [-0.39, 0.29) is 24.0 Å². The van der Waals surface area contributed by atoms with Crippen LogP contribution in [0.2, 0.25) is 0 Å². The SMILES string of the molecule is CCCCOCCNC(=NC)NC1CCN(c2ccccc2)C1.I. The fourth-order valence-corrected chi connectivity index (χ4v) is 2.73. The number of unbranched alkanes of at least 4 members (excludes halogenated alkanes) is 1. The predicted molar refractivity (Wildman–Crippen MR) is 113 cm³/mol. The molecule has 1 saturated heterocycles. The topological polar surface area (TPSA) is 48.9 Å². The van der Waals surface area contributed by atoms with Gasteiger partial charge < -0.3 is 20.3 Å². The van der Waals surface area contributed by atoms with E-state index in [1.54, 1.807) is 0 Å². The first-order valence-corrected chi connectivity index (χ1v) is 8.68. The molecule has 5 nitrogen and oxygen atoms in total. The van der Waals surface area contributed by atoms with Gasteiger partial charge in [-0.2, -0.15) is 0 Å². The molecular weight excluding hydrogens is 415 g/mol. The molecule has 1 atom stereocenters. The van der Waals surface area contributed by atoms with Crippen LogP contribution in [0, 0.1) is 0 Å². The Bertz CT molecular complexity index is 469. The fourth-order valence-electron chi connectivity index (χ4n) is 2.73. The molecule has 0 bridgehead atoms. The Hall–Kier alpha value is -1.02. The van der Waals surface area contributed by atoms with Gasteiger partial charge in [0, 0.05) is 45.0 Å². The molecule has 0 aromatic heterocycles. The van der Waals surface area contributed by atoms with Crippen molar-refractivity contribution in [2.45, 2.75) is 32.2 Å². The number of hydrogen-bond acceptors (Lipinski definition) is 3. The summed E-state index contributed by atoms with van der Waals surface area (Å²) in [4.78, 5) is 6.72. The number of aliphatic imine (C=N–C) groups is 1. The zero-order valence-corrected chi connectivity index (χ0v) is 17.2. The Balaban J connectivity index is 0.00000288. The van der Waals surface area contributed by atoms with Crippen molar-refractivity contribution < 1.29 is 4.74 Å². The van der Waals surface area contributed by atoms with E-state index in [1.165, 1.54) is 12.1 Å². The van der Waals surface area contributed by atoms with E-state index in [4.69, 9.17) is 4.74 Å². The number of ether oxygens (including phenoxy) is 1. The Morgan fingerprint density at radius 2 is 2.08 bits per heavy atom. The van der Waals surface area contributed by atoms with Crippen molar-refractivity contribution in [1.29, 1.82) is 0 Å². The number of hydrogen-bond donors (Lipinski definition) is 2. The van der Waals surface area contributed by atoms with Crippen LogP contribution in [-0.4, -0.2) is 51.9 Å². The molecular formula is C18H31IN4O. The van der Waals surface area contributed by atoms with Crippen LogP contribution >= 0.6 is 24.0 Å². The van der Waals surface area contributed by atoms with Crippen molar-refractivity contribution in [3.8, 4) is 0 Å². The molecule has 1 unspecified atom stereocenters. The minimum atomic E-state index is 0. The van der Waals surface area contributed by atoms with Crippen molar-refractivity contribution in [2.24, 2.45) is 4.99 Å². The van der Waals surface area contributed by atoms with Crippen molar-refractivity contribution in [1.82, 2.24) is 10.6 Å². The third-order valence-corrected chi connectivity index (χ3v) is 4.06. The summed E-state index contributed by atoms with van der Waals surface area (Å²) in [6.45, 7) is 6.63. The molecule has 6 heteroatoms. The normalized spacial score (nSPS) is 17.5. The first-order valence-electron chi connectivity index (χ1n) is 8.68.